The van der Waals surface area contributed by atoms with Gasteiger partial charge in [-0.2, -0.15) is 0 Å². The number of hydrogen-bond acceptors (Lipinski definition) is 6. The fourth-order valence-corrected chi connectivity index (χ4v) is 4.80. The molecule has 1 aliphatic heterocycles. The highest BCUT2D eigenvalue weighted by Crippen LogP contribution is 2.28. The second-order valence-electron chi connectivity index (χ2n) is 8.41. The highest BCUT2D eigenvalue weighted by molar-refractivity contribution is 7.99. The molecule has 0 saturated carbocycles. The first-order chi connectivity index (χ1) is 15.0. The van der Waals surface area contributed by atoms with Crippen LogP contribution >= 0.6 is 11.8 Å². The number of halogens is 1. The van der Waals surface area contributed by atoms with Gasteiger partial charge in [-0.25, -0.2) is 4.39 Å². The summed E-state index contributed by atoms with van der Waals surface area (Å²) in [7, 11) is 4.09. The molecule has 0 spiro atoms. The summed E-state index contributed by atoms with van der Waals surface area (Å²) < 4.78 is 20.9. The highest BCUT2D eigenvalue weighted by atomic mass is 32.2. The molecule has 0 amide bonds. The molecule has 0 bridgehead atoms. The van der Waals surface area contributed by atoms with E-state index >= 15 is 0 Å². The van der Waals surface area contributed by atoms with Crippen LogP contribution < -0.4 is 0 Å². The molecule has 0 aliphatic carbocycles. The Bertz CT molecular complexity index is 949. The summed E-state index contributed by atoms with van der Waals surface area (Å²) in [5.74, 6) is 1.53. The smallest absolute Gasteiger partial charge is 0.198 e. The molecule has 1 saturated heterocycles. The molecule has 4 rings (SSSR count). The van der Waals surface area contributed by atoms with E-state index in [9.17, 15) is 4.39 Å². The number of nitrogens with zero attached hydrogens (tertiary/aromatic N) is 5. The molecule has 166 valence electrons. The van der Waals surface area contributed by atoms with Crippen molar-refractivity contribution in [1.29, 1.82) is 0 Å². The summed E-state index contributed by atoms with van der Waals surface area (Å²) in [5, 5.41) is 9.65. The minimum atomic E-state index is -0.163. The third-order valence-electron chi connectivity index (χ3n) is 5.83. The number of benzene rings is 1. The van der Waals surface area contributed by atoms with E-state index in [2.05, 4.69) is 27.0 Å². The largest absolute Gasteiger partial charge is 0.453 e. The van der Waals surface area contributed by atoms with Crippen molar-refractivity contribution in [2.75, 3.05) is 33.2 Å². The number of hydrogen-bond donors (Lipinski definition) is 0. The topological polar surface area (TPSA) is 50.3 Å². The van der Waals surface area contributed by atoms with E-state index < -0.39 is 0 Å². The van der Waals surface area contributed by atoms with Gasteiger partial charge in [0.2, 0.25) is 0 Å². The molecule has 31 heavy (non-hydrogen) atoms. The van der Waals surface area contributed by atoms with Crippen molar-refractivity contribution in [3.05, 3.63) is 59.9 Å². The molecule has 3 heterocycles. The first-order valence-corrected chi connectivity index (χ1v) is 11.6. The molecule has 8 heteroatoms. The maximum absolute atomic E-state index is 13.0. The molecule has 0 atom stereocenters. The summed E-state index contributed by atoms with van der Waals surface area (Å²) >= 11 is 1.49. The molecule has 2 aromatic heterocycles. The van der Waals surface area contributed by atoms with Crippen LogP contribution in [0.4, 0.5) is 4.39 Å². The molecule has 1 aliphatic rings. The zero-order valence-electron chi connectivity index (χ0n) is 18.2. The Morgan fingerprint density at radius 3 is 2.65 bits per heavy atom. The molecule has 6 nitrogen and oxygen atoms in total. The van der Waals surface area contributed by atoms with Crippen molar-refractivity contribution in [2.24, 2.45) is 13.0 Å². The summed E-state index contributed by atoms with van der Waals surface area (Å²) in [6, 6.07) is 10.9. The number of aromatic nitrogens is 3. The van der Waals surface area contributed by atoms with Crippen LogP contribution in [0.25, 0.3) is 0 Å². The lowest BCUT2D eigenvalue weighted by molar-refractivity contribution is 0.149. The van der Waals surface area contributed by atoms with E-state index in [1.165, 1.54) is 30.2 Å². The maximum atomic E-state index is 13.0. The number of furan rings is 1. The monoisotopic (exact) mass is 443 g/mol. The van der Waals surface area contributed by atoms with Gasteiger partial charge in [-0.05, 0) is 86.9 Å². The van der Waals surface area contributed by atoms with Gasteiger partial charge < -0.3 is 13.9 Å². The molecule has 0 unspecified atom stereocenters. The molecular weight excluding hydrogens is 413 g/mol. The van der Waals surface area contributed by atoms with Crippen molar-refractivity contribution in [1.82, 2.24) is 24.6 Å². The van der Waals surface area contributed by atoms with Crippen LogP contribution in [0.5, 0.6) is 0 Å². The van der Waals surface area contributed by atoms with E-state index in [-0.39, 0.29) is 5.82 Å². The van der Waals surface area contributed by atoms with Crippen molar-refractivity contribution in [3.63, 3.8) is 0 Å². The lowest BCUT2D eigenvalue weighted by Crippen LogP contribution is -2.38. The van der Waals surface area contributed by atoms with Crippen LogP contribution in [0.2, 0.25) is 0 Å². The summed E-state index contributed by atoms with van der Waals surface area (Å²) in [6.07, 6.45) is 5.12. The minimum absolute atomic E-state index is 0.163. The van der Waals surface area contributed by atoms with E-state index in [0.29, 0.717) is 0 Å². The number of aryl methyl sites for hydroxylation is 1. The number of rotatable bonds is 9. The van der Waals surface area contributed by atoms with Gasteiger partial charge in [-0.3, -0.25) is 4.90 Å². The predicted octanol–water partition coefficient (Wildman–Crippen LogP) is 4.08. The third kappa shape index (κ3) is 6.41. The summed E-state index contributed by atoms with van der Waals surface area (Å²) in [6.45, 7) is 5.22. The quantitative estimate of drug-likeness (QED) is 0.497. The van der Waals surface area contributed by atoms with Gasteiger partial charge >= 0.3 is 0 Å². The molecular formula is C23H30FN5OS. The van der Waals surface area contributed by atoms with Gasteiger partial charge in [0, 0.05) is 20.1 Å². The lowest BCUT2D eigenvalue weighted by atomic mass is 9.96. The van der Waals surface area contributed by atoms with Gasteiger partial charge in [0.25, 0.3) is 0 Å². The van der Waals surface area contributed by atoms with Gasteiger partial charge in [0.1, 0.15) is 17.9 Å². The van der Waals surface area contributed by atoms with Gasteiger partial charge in [0.05, 0.1) is 6.54 Å². The van der Waals surface area contributed by atoms with E-state index in [4.69, 9.17) is 4.42 Å². The molecule has 3 aromatic rings. The summed E-state index contributed by atoms with van der Waals surface area (Å²) in [5.41, 5.74) is 1.21. The van der Waals surface area contributed by atoms with Gasteiger partial charge in [-0.15, -0.1) is 10.2 Å². The Morgan fingerprint density at radius 1 is 1.16 bits per heavy atom. The van der Waals surface area contributed by atoms with Crippen molar-refractivity contribution >= 4 is 11.8 Å². The minimum Gasteiger partial charge on any atom is -0.453 e. The van der Waals surface area contributed by atoms with Crippen LogP contribution in [0, 0.1) is 11.7 Å². The van der Waals surface area contributed by atoms with Crippen LogP contribution in [-0.2, 0) is 20.0 Å². The summed E-state index contributed by atoms with van der Waals surface area (Å²) in [4.78, 5) is 4.89. The van der Waals surface area contributed by atoms with Crippen molar-refractivity contribution in [2.45, 2.75) is 36.1 Å². The standard InChI is InChI=1S/C23H30FN5OS/c1-27(16-21-7-8-22(30-21)31-23-26-25-17-28(23)2)15-19-10-13-29(14-11-19)12-9-18-3-5-20(24)6-4-18/h3-8,17,19H,9-16H2,1-2H3. The molecule has 1 fully saturated rings. The van der Waals surface area contributed by atoms with Crippen molar-refractivity contribution in [3.8, 4) is 0 Å². The second kappa shape index (κ2) is 10.4. The average molecular weight is 444 g/mol. The normalized spacial score (nSPS) is 15.7. The average Bonchev–Trinajstić information content (AvgIpc) is 3.37. The van der Waals surface area contributed by atoms with E-state index in [1.54, 1.807) is 18.5 Å². The molecule has 0 radical (unpaired) electrons. The second-order valence-corrected chi connectivity index (χ2v) is 9.38. The first kappa shape index (κ1) is 22.0. The third-order valence-corrected chi connectivity index (χ3v) is 6.80. The maximum Gasteiger partial charge on any atom is 0.198 e. The zero-order chi connectivity index (χ0) is 21.6. The number of likely N-dealkylation sites (tertiary alicyclic amines) is 1. The van der Waals surface area contributed by atoms with Crippen LogP contribution in [0.1, 0.15) is 24.2 Å². The molecule has 1 aromatic carbocycles. The number of piperidine rings is 1. The fourth-order valence-electron chi connectivity index (χ4n) is 4.06. The Labute approximate surface area is 187 Å². The SMILES string of the molecule is CN(Cc1ccc(Sc2nncn2C)o1)CC1CCN(CCc2ccc(F)cc2)CC1. The van der Waals surface area contributed by atoms with Crippen LogP contribution in [0.15, 0.2) is 57.4 Å². The Kier molecular flexibility index (Phi) is 7.42. The van der Waals surface area contributed by atoms with E-state index in [1.807, 2.05) is 35.9 Å². The van der Waals surface area contributed by atoms with E-state index in [0.717, 1.165) is 61.1 Å². The fraction of sp³-hybridized carbons (Fsp3) is 0.478. The Morgan fingerprint density at radius 2 is 1.94 bits per heavy atom. The van der Waals surface area contributed by atoms with Crippen LogP contribution in [0.3, 0.4) is 0 Å². The zero-order valence-corrected chi connectivity index (χ0v) is 19.0. The molecule has 0 N–H and O–H groups in total. The Hall–Kier alpha value is -2.16. The lowest BCUT2D eigenvalue weighted by Gasteiger charge is -2.33. The predicted molar refractivity (Wildman–Crippen MR) is 119 cm³/mol. The first-order valence-electron chi connectivity index (χ1n) is 10.8. The van der Waals surface area contributed by atoms with Crippen molar-refractivity contribution < 1.29 is 8.81 Å². The van der Waals surface area contributed by atoms with Gasteiger partial charge in [0.15, 0.2) is 10.2 Å². The highest BCUT2D eigenvalue weighted by Gasteiger charge is 2.21. The van der Waals surface area contributed by atoms with Crippen LogP contribution in [-0.4, -0.2) is 57.8 Å². The van der Waals surface area contributed by atoms with Gasteiger partial charge in [-0.1, -0.05) is 12.1 Å². The Balaban J connectivity index is 1.17.